The van der Waals surface area contributed by atoms with Crippen LogP contribution in [-0.2, 0) is 13.6 Å². The molecule has 1 heterocycles. The second-order valence-corrected chi connectivity index (χ2v) is 4.18. The van der Waals surface area contributed by atoms with E-state index in [2.05, 4.69) is 20.6 Å². The molecule has 17 heavy (non-hydrogen) atoms. The third kappa shape index (κ3) is 4.14. The Balaban J connectivity index is 0.00000144. The molecule has 1 fully saturated rings. The Hall–Kier alpha value is -0.860. The van der Waals surface area contributed by atoms with Crippen LogP contribution in [0.2, 0.25) is 0 Å². The van der Waals surface area contributed by atoms with Crippen molar-refractivity contribution in [2.75, 3.05) is 0 Å². The summed E-state index contributed by atoms with van der Waals surface area (Å²) in [6.45, 7) is 0.523. The van der Waals surface area contributed by atoms with Crippen molar-refractivity contribution in [3.8, 4) is 0 Å². The summed E-state index contributed by atoms with van der Waals surface area (Å²) in [6, 6.07) is 0.508. The number of nitrogens with one attached hydrogen (secondary N) is 1. The van der Waals surface area contributed by atoms with Crippen molar-refractivity contribution in [1.29, 1.82) is 0 Å². The van der Waals surface area contributed by atoms with Gasteiger partial charge in [0.2, 0.25) is 0 Å². The van der Waals surface area contributed by atoms with E-state index >= 15 is 0 Å². The number of hydrogen-bond donors (Lipinski definition) is 2. The van der Waals surface area contributed by atoms with E-state index in [1.54, 1.807) is 10.9 Å². The van der Waals surface area contributed by atoms with Crippen LogP contribution in [0.4, 0.5) is 0 Å². The lowest BCUT2D eigenvalue weighted by atomic mass is 10.2. The molecule has 0 spiro atoms. The molecular formula is C10H19IN6. The van der Waals surface area contributed by atoms with Gasteiger partial charge in [-0.1, -0.05) is 18.1 Å². The van der Waals surface area contributed by atoms with Gasteiger partial charge >= 0.3 is 0 Å². The minimum Gasteiger partial charge on any atom is -0.370 e. The van der Waals surface area contributed by atoms with Gasteiger partial charge in [0.15, 0.2) is 5.96 Å². The molecule has 3 N–H and O–H groups in total. The van der Waals surface area contributed by atoms with E-state index in [0.29, 0.717) is 18.5 Å². The van der Waals surface area contributed by atoms with Crippen LogP contribution in [0.15, 0.2) is 11.2 Å². The van der Waals surface area contributed by atoms with Gasteiger partial charge in [0, 0.05) is 13.1 Å². The number of nitrogens with two attached hydrogens (primary N) is 1. The van der Waals surface area contributed by atoms with Crippen LogP contribution < -0.4 is 11.1 Å². The van der Waals surface area contributed by atoms with Gasteiger partial charge in [0.1, 0.15) is 0 Å². The van der Waals surface area contributed by atoms with E-state index in [-0.39, 0.29) is 24.0 Å². The fourth-order valence-electron chi connectivity index (χ4n) is 1.95. The molecule has 0 amide bonds. The number of halogens is 1. The number of rotatable bonds is 3. The van der Waals surface area contributed by atoms with E-state index in [1.807, 2.05) is 7.05 Å². The summed E-state index contributed by atoms with van der Waals surface area (Å²) in [6.07, 6.45) is 6.67. The zero-order valence-corrected chi connectivity index (χ0v) is 12.3. The quantitative estimate of drug-likeness (QED) is 0.480. The summed E-state index contributed by atoms with van der Waals surface area (Å²) < 4.78 is 1.70. The molecule has 0 atom stereocenters. The Kier molecular flexibility index (Phi) is 5.66. The molecular weight excluding hydrogens is 331 g/mol. The molecule has 6 nitrogen and oxygen atoms in total. The Bertz CT molecular complexity index is 369. The van der Waals surface area contributed by atoms with Gasteiger partial charge in [0.05, 0.1) is 18.4 Å². The highest BCUT2D eigenvalue weighted by Crippen LogP contribution is 2.17. The molecule has 1 aromatic heterocycles. The maximum atomic E-state index is 5.81. The minimum atomic E-state index is 0. The first-order chi connectivity index (χ1) is 7.75. The zero-order valence-electron chi connectivity index (χ0n) is 9.96. The number of guanidine groups is 1. The normalized spacial score (nSPS) is 16.9. The zero-order chi connectivity index (χ0) is 11.4. The number of aromatic nitrogens is 3. The molecule has 1 aliphatic rings. The highest BCUT2D eigenvalue weighted by atomic mass is 127. The first-order valence-corrected chi connectivity index (χ1v) is 5.65. The van der Waals surface area contributed by atoms with Crippen molar-refractivity contribution in [2.24, 2.45) is 17.8 Å². The summed E-state index contributed by atoms with van der Waals surface area (Å²) >= 11 is 0. The fraction of sp³-hybridized carbons (Fsp3) is 0.700. The van der Waals surface area contributed by atoms with Crippen molar-refractivity contribution in [3.05, 3.63) is 11.9 Å². The molecule has 0 saturated heterocycles. The van der Waals surface area contributed by atoms with Gasteiger partial charge in [-0.2, -0.15) is 0 Å². The Labute approximate surface area is 118 Å². The molecule has 7 heteroatoms. The average Bonchev–Trinajstić information content (AvgIpc) is 2.87. The van der Waals surface area contributed by atoms with Gasteiger partial charge in [-0.15, -0.1) is 29.1 Å². The average molecular weight is 350 g/mol. The molecule has 0 radical (unpaired) electrons. The highest BCUT2D eigenvalue weighted by molar-refractivity contribution is 14.0. The van der Waals surface area contributed by atoms with Crippen molar-refractivity contribution >= 4 is 29.9 Å². The lowest BCUT2D eigenvalue weighted by Crippen LogP contribution is -2.38. The van der Waals surface area contributed by atoms with Gasteiger partial charge < -0.3 is 11.1 Å². The van der Waals surface area contributed by atoms with Crippen LogP contribution in [0.5, 0.6) is 0 Å². The van der Waals surface area contributed by atoms with Crippen molar-refractivity contribution in [2.45, 2.75) is 38.3 Å². The summed E-state index contributed by atoms with van der Waals surface area (Å²) in [5, 5.41) is 10.9. The van der Waals surface area contributed by atoms with Gasteiger partial charge in [0.25, 0.3) is 0 Å². The summed E-state index contributed by atoms with van der Waals surface area (Å²) in [7, 11) is 1.85. The van der Waals surface area contributed by atoms with Gasteiger partial charge in [-0.25, -0.2) is 4.99 Å². The van der Waals surface area contributed by atoms with Crippen LogP contribution in [-0.4, -0.2) is 27.0 Å². The molecule has 0 aromatic carbocycles. The number of aryl methyl sites for hydroxylation is 1. The monoisotopic (exact) mass is 350 g/mol. The van der Waals surface area contributed by atoms with Crippen LogP contribution >= 0.6 is 24.0 Å². The topological polar surface area (TPSA) is 81.1 Å². The van der Waals surface area contributed by atoms with Crippen LogP contribution in [0, 0.1) is 0 Å². The van der Waals surface area contributed by atoms with E-state index in [1.165, 1.54) is 25.7 Å². The van der Waals surface area contributed by atoms with E-state index in [9.17, 15) is 0 Å². The summed E-state index contributed by atoms with van der Waals surface area (Å²) in [5.41, 5.74) is 6.76. The predicted molar refractivity (Wildman–Crippen MR) is 77.1 cm³/mol. The van der Waals surface area contributed by atoms with Crippen molar-refractivity contribution < 1.29 is 0 Å². The molecule has 1 aromatic rings. The Morgan fingerprint density at radius 1 is 1.59 bits per heavy atom. The SMILES string of the molecule is Cn1nncc1CN=C(N)NC1CCCC1.I. The molecule has 2 rings (SSSR count). The Morgan fingerprint density at radius 2 is 2.29 bits per heavy atom. The second-order valence-electron chi connectivity index (χ2n) is 4.18. The second kappa shape index (κ2) is 6.77. The van der Waals surface area contributed by atoms with Crippen molar-refractivity contribution in [3.63, 3.8) is 0 Å². The maximum Gasteiger partial charge on any atom is 0.189 e. The largest absolute Gasteiger partial charge is 0.370 e. The first-order valence-electron chi connectivity index (χ1n) is 5.65. The van der Waals surface area contributed by atoms with Crippen LogP contribution in [0.1, 0.15) is 31.4 Å². The fourth-order valence-corrected chi connectivity index (χ4v) is 1.95. The highest BCUT2D eigenvalue weighted by Gasteiger charge is 2.14. The predicted octanol–water partition coefficient (Wildman–Crippen LogP) is 0.780. The summed E-state index contributed by atoms with van der Waals surface area (Å²) in [4.78, 5) is 4.27. The Morgan fingerprint density at radius 3 is 2.88 bits per heavy atom. The molecule has 1 saturated carbocycles. The van der Waals surface area contributed by atoms with Crippen LogP contribution in [0.25, 0.3) is 0 Å². The van der Waals surface area contributed by atoms with Gasteiger partial charge in [-0.3, -0.25) is 4.68 Å². The van der Waals surface area contributed by atoms with E-state index < -0.39 is 0 Å². The minimum absolute atomic E-state index is 0. The molecule has 0 bridgehead atoms. The lowest BCUT2D eigenvalue weighted by molar-refractivity contribution is 0.623. The molecule has 0 aliphatic heterocycles. The van der Waals surface area contributed by atoms with E-state index in [0.717, 1.165) is 5.69 Å². The van der Waals surface area contributed by atoms with E-state index in [4.69, 9.17) is 5.73 Å². The third-order valence-corrected chi connectivity index (χ3v) is 2.93. The molecule has 0 unspecified atom stereocenters. The summed E-state index contributed by atoms with van der Waals surface area (Å²) in [5.74, 6) is 0.521. The maximum absolute atomic E-state index is 5.81. The molecule has 96 valence electrons. The number of aliphatic imine (C=N–C) groups is 1. The van der Waals surface area contributed by atoms with Gasteiger partial charge in [-0.05, 0) is 12.8 Å². The smallest absolute Gasteiger partial charge is 0.189 e. The third-order valence-electron chi connectivity index (χ3n) is 2.93. The van der Waals surface area contributed by atoms with Crippen LogP contribution in [0.3, 0.4) is 0 Å². The van der Waals surface area contributed by atoms with Crippen molar-refractivity contribution in [1.82, 2.24) is 20.3 Å². The lowest BCUT2D eigenvalue weighted by Gasteiger charge is -2.11. The molecule has 1 aliphatic carbocycles. The standard InChI is InChI=1S/C10H18N6.HI/c1-16-9(7-13-15-16)6-12-10(11)14-8-4-2-3-5-8;/h7-8H,2-6H2,1H3,(H3,11,12,14);1H. The number of nitrogens with zero attached hydrogens (tertiary/aromatic N) is 4. The first kappa shape index (κ1) is 14.2. The number of hydrogen-bond acceptors (Lipinski definition) is 3.